The summed E-state index contributed by atoms with van der Waals surface area (Å²) in [5, 5.41) is 9.68. The molecular formula is C12H16BrNO3S. The summed E-state index contributed by atoms with van der Waals surface area (Å²) in [5.74, 6) is 0.263. The first kappa shape index (κ1) is 14.0. The number of sulfonamides is 1. The topological polar surface area (TPSA) is 66.4 Å². The largest absolute Gasteiger partial charge is 0.391 e. The Morgan fingerprint density at radius 1 is 1.50 bits per heavy atom. The number of nitrogens with one attached hydrogen (secondary N) is 1. The summed E-state index contributed by atoms with van der Waals surface area (Å²) in [6, 6.07) is 5.01. The van der Waals surface area contributed by atoms with Crippen LogP contribution in [-0.4, -0.2) is 26.2 Å². The summed E-state index contributed by atoms with van der Waals surface area (Å²) >= 11 is 3.30. The van der Waals surface area contributed by atoms with Gasteiger partial charge in [-0.15, -0.1) is 0 Å². The number of aryl methyl sites for hydroxylation is 1. The van der Waals surface area contributed by atoms with Crippen LogP contribution in [0.25, 0.3) is 0 Å². The molecule has 18 heavy (non-hydrogen) atoms. The molecule has 100 valence electrons. The number of aliphatic hydroxyl groups excluding tert-OH is 1. The van der Waals surface area contributed by atoms with Crippen LogP contribution in [0.3, 0.4) is 0 Å². The van der Waals surface area contributed by atoms with Crippen LogP contribution in [0, 0.1) is 12.8 Å². The van der Waals surface area contributed by atoms with E-state index in [1.54, 1.807) is 25.1 Å². The molecule has 1 aromatic rings. The van der Waals surface area contributed by atoms with Crippen LogP contribution in [0.5, 0.6) is 0 Å². The Labute approximate surface area is 116 Å². The molecule has 0 saturated heterocycles. The van der Waals surface area contributed by atoms with Gasteiger partial charge in [-0.25, -0.2) is 13.1 Å². The van der Waals surface area contributed by atoms with E-state index < -0.39 is 16.1 Å². The van der Waals surface area contributed by atoms with Gasteiger partial charge in [0.25, 0.3) is 0 Å². The molecule has 1 aliphatic carbocycles. The highest BCUT2D eigenvalue weighted by Gasteiger charge is 2.30. The molecule has 0 heterocycles. The Hall–Kier alpha value is -0.430. The fraction of sp³-hybridized carbons (Fsp3) is 0.500. The highest BCUT2D eigenvalue weighted by molar-refractivity contribution is 9.10. The molecule has 0 bridgehead atoms. The highest BCUT2D eigenvalue weighted by Crippen LogP contribution is 2.32. The molecule has 1 unspecified atom stereocenters. The number of halogens is 1. The zero-order valence-corrected chi connectivity index (χ0v) is 12.5. The smallest absolute Gasteiger partial charge is 0.240 e. The quantitative estimate of drug-likeness (QED) is 0.863. The van der Waals surface area contributed by atoms with E-state index in [9.17, 15) is 13.5 Å². The van der Waals surface area contributed by atoms with E-state index in [4.69, 9.17) is 0 Å². The van der Waals surface area contributed by atoms with Crippen LogP contribution < -0.4 is 4.72 Å². The molecule has 1 fully saturated rings. The average Bonchev–Trinajstić information content (AvgIpc) is 3.09. The molecule has 2 N–H and O–H groups in total. The zero-order valence-electron chi connectivity index (χ0n) is 10.1. The summed E-state index contributed by atoms with van der Waals surface area (Å²) in [6.07, 6.45) is 1.40. The van der Waals surface area contributed by atoms with E-state index in [0.717, 1.165) is 17.3 Å². The number of benzene rings is 1. The van der Waals surface area contributed by atoms with Gasteiger partial charge < -0.3 is 5.11 Å². The van der Waals surface area contributed by atoms with Crippen molar-refractivity contribution in [2.75, 3.05) is 6.54 Å². The van der Waals surface area contributed by atoms with Crippen LogP contribution in [0.1, 0.15) is 18.4 Å². The normalized spacial score (nSPS) is 17.7. The van der Waals surface area contributed by atoms with E-state index in [1.807, 2.05) is 0 Å². The average molecular weight is 334 g/mol. The Balaban J connectivity index is 2.09. The van der Waals surface area contributed by atoms with Crippen LogP contribution in [0.2, 0.25) is 0 Å². The molecule has 1 aliphatic rings. The molecule has 1 aromatic carbocycles. The zero-order chi connectivity index (χ0) is 13.3. The Kier molecular flexibility index (Phi) is 4.11. The lowest BCUT2D eigenvalue weighted by molar-refractivity contribution is 0.155. The minimum Gasteiger partial charge on any atom is -0.391 e. The predicted molar refractivity (Wildman–Crippen MR) is 72.8 cm³/mol. The van der Waals surface area contributed by atoms with Crippen molar-refractivity contribution in [1.29, 1.82) is 0 Å². The maximum atomic E-state index is 12.1. The van der Waals surface area contributed by atoms with Gasteiger partial charge in [-0.2, -0.15) is 0 Å². The van der Waals surface area contributed by atoms with Crippen molar-refractivity contribution in [1.82, 2.24) is 4.72 Å². The predicted octanol–water partition coefficient (Wildman–Crippen LogP) is 1.81. The van der Waals surface area contributed by atoms with Gasteiger partial charge in [0.05, 0.1) is 11.0 Å². The third-order valence-electron chi connectivity index (χ3n) is 3.08. The first-order chi connectivity index (χ1) is 8.40. The van der Waals surface area contributed by atoms with Crippen molar-refractivity contribution in [3.05, 3.63) is 28.2 Å². The van der Waals surface area contributed by atoms with E-state index in [2.05, 4.69) is 20.7 Å². The summed E-state index contributed by atoms with van der Waals surface area (Å²) < 4.78 is 27.5. The van der Waals surface area contributed by atoms with Crippen molar-refractivity contribution in [3.63, 3.8) is 0 Å². The number of rotatable bonds is 5. The summed E-state index contributed by atoms with van der Waals surface area (Å²) in [6.45, 7) is 1.83. The van der Waals surface area contributed by atoms with Crippen molar-refractivity contribution < 1.29 is 13.5 Å². The van der Waals surface area contributed by atoms with Gasteiger partial charge in [0.1, 0.15) is 0 Å². The monoisotopic (exact) mass is 333 g/mol. The van der Waals surface area contributed by atoms with Gasteiger partial charge >= 0.3 is 0 Å². The Morgan fingerprint density at radius 3 is 2.72 bits per heavy atom. The number of hydrogen-bond acceptors (Lipinski definition) is 3. The maximum absolute atomic E-state index is 12.1. The second-order valence-corrected chi connectivity index (χ2v) is 7.32. The minimum atomic E-state index is -3.54. The van der Waals surface area contributed by atoms with Crippen LogP contribution in [-0.2, 0) is 10.0 Å². The van der Waals surface area contributed by atoms with Crippen LogP contribution in [0.4, 0.5) is 0 Å². The SMILES string of the molecule is Cc1cc(Br)ccc1S(=O)(=O)NCC(O)C1CC1. The molecule has 6 heteroatoms. The lowest BCUT2D eigenvalue weighted by Gasteiger charge is -2.12. The summed E-state index contributed by atoms with van der Waals surface area (Å²) in [4.78, 5) is 0.258. The van der Waals surface area contributed by atoms with Crippen molar-refractivity contribution in [2.45, 2.75) is 30.8 Å². The number of hydrogen-bond donors (Lipinski definition) is 2. The van der Waals surface area contributed by atoms with Crippen molar-refractivity contribution in [2.24, 2.45) is 5.92 Å². The Morgan fingerprint density at radius 2 is 2.17 bits per heavy atom. The van der Waals surface area contributed by atoms with Gasteiger partial charge in [0.2, 0.25) is 10.0 Å². The first-order valence-electron chi connectivity index (χ1n) is 5.84. The Bertz CT molecular complexity index is 540. The fourth-order valence-corrected chi connectivity index (χ4v) is 3.59. The van der Waals surface area contributed by atoms with Gasteiger partial charge in [-0.05, 0) is 49.4 Å². The van der Waals surface area contributed by atoms with Gasteiger partial charge in [0, 0.05) is 11.0 Å². The van der Waals surface area contributed by atoms with Crippen molar-refractivity contribution in [3.8, 4) is 0 Å². The lowest BCUT2D eigenvalue weighted by atomic mass is 10.2. The second-order valence-electron chi connectivity index (χ2n) is 4.67. The van der Waals surface area contributed by atoms with E-state index in [1.165, 1.54) is 0 Å². The van der Waals surface area contributed by atoms with E-state index in [0.29, 0.717) is 5.56 Å². The van der Waals surface area contributed by atoms with Gasteiger partial charge in [0.15, 0.2) is 0 Å². The van der Waals surface area contributed by atoms with Gasteiger partial charge in [-0.1, -0.05) is 15.9 Å². The number of aliphatic hydroxyl groups is 1. The fourth-order valence-electron chi connectivity index (χ4n) is 1.83. The molecule has 2 rings (SSSR count). The van der Waals surface area contributed by atoms with Crippen LogP contribution >= 0.6 is 15.9 Å². The van der Waals surface area contributed by atoms with E-state index in [-0.39, 0.29) is 17.4 Å². The molecule has 0 radical (unpaired) electrons. The lowest BCUT2D eigenvalue weighted by Crippen LogP contribution is -2.33. The standard InChI is InChI=1S/C12H16BrNO3S/c1-8-6-10(13)4-5-12(8)18(16,17)14-7-11(15)9-2-3-9/h4-6,9,11,14-15H,2-3,7H2,1H3. The third-order valence-corrected chi connectivity index (χ3v) is 5.15. The van der Waals surface area contributed by atoms with Crippen LogP contribution in [0.15, 0.2) is 27.6 Å². The highest BCUT2D eigenvalue weighted by atomic mass is 79.9. The van der Waals surface area contributed by atoms with Crippen molar-refractivity contribution >= 4 is 26.0 Å². The molecule has 0 aliphatic heterocycles. The molecule has 0 spiro atoms. The second kappa shape index (κ2) is 5.28. The molecule has 1 atom stereocenters. The molecule has 0 aromatic heterocycles. The molecular weight excluding hydrogens is 318 g/mol. The molecule has 1 saturated carbocycles. The summed E-state index contributed by atoms with van der Waals surface area (Å²) in [7, 11) is -3.54. The maximum Gasteiger partial charge on any atom is 0.240 e. The third kappa shape index (κ3) is 3.32. The molecule has 4 nitrogen and oxygen atoms in total. The summed E-state index contributed by atoms with van der Waals surface area (Å²) in [5.41, 5.74) is 0.679. The minimum absolute atomic E-state index is 0.0858. The van der Waals surface area contributed by atoms with Gasteiger partial charge in [-0.3, -0.25) is 0 Å². The van der Waals surface area contributed by atoms with E-state index >= 15 is 0 Å². The first-order valence-corrected chi connectivity index (χ1v) is 8.11. The molecule has 0 amide bonds.